The Morgan fingerprint density at radius 1 is 0.542 bits per heavy atom. The van der Waals surface area contributed by atoms with E-state index in [0.29, 0.717) is 6.61 Å². The van der Waals surface area contributed by atoms with E-state index in [1.54, 1.807) is 6.08 Å². The fourth-order valence-corrected chi connectivity index (χ4v) is 8.76. The SMILES string of the molecule is [C-]#[N+]C(=Cc1ccc(C#Cc2ccc(SCCCCCCCCCCCCCCCC)cc2)cc1)C(=O)OCCCCCCCCSc1ccc(-c2ccccc2)cc1. The van der Waals surface area contributed by atoms with Gasteiger partial charge < -0.3 is 4.74 Å². The Kier molecular flexibility index (Phi) is 24.8. The Balaban J connectivity index is 1.01. The van der Waals surface area contributed by atoms with Crippen LogP contribution in [0.15, 0.2) is 119 Å². The van der Waals surface area contributed by atoms with Gasteiger partial charge in [-0.3, -0.25) is 4.79 Å². The van der Waals surface area contributed by atoms with E-state index < -0.39 is 5.97 Å². The molecule has 0 saturated heterocycles. The first kappa shape index (κ1) is 47.5. The van der Waals surface area contributed by atoms with Gasteiger partial charge in [-0.1, -0.05) is 183 Å². The highest BCUT2D eigenvalue weighted by atomic mass is 32.2. The summed E-state index contributed by atoms with van der Waals surface area (Å²) in [6.07, 6.45) is 27.7. The summed E-state index contributed by atoms with van der Waals surface area (Å²) in [5.41, 5.74) is 5.16. The zero-order valence-corrected chi connectivity index (χ0v) is 37.4. The largest absolute Gasteiger partial charge is 0.471 e. The molecule has 0 aromatic heterocycles. The third kappa shape index (κ3) is 21.1. The van der Waals surface area contributed by atoms with Gasteiger partial charge in [-0.25, -0.2) is 4.85 Å². The lowest BCUT2D eigenvalue weighted by Crippen LogP contribution is -2.07. The summed E-state index contributed by atoms with van der Waals surface area (Å²) in [4.78, 5) is 18.7. The Morgan fingerprint density at radius 2 is 0.966 bits per heavy atom. The van der Waals surface area contributed by atoms with Crippen molar-refractivity contribution in [2.75, 3.05) is 18.1 Å². The first-order chi connectivity index (χ1) is 29.1. The maximum Gasteiger partial charge on any atom is 0.336 e. The van der Waals surface area contributed by atoms with Gasteiger partial charge in [-0.2, -0.15) is 0 Å². The number of rotatable bonds is 29. The molecule has 0 aliphatic heterocycles. The molecule has 59 heavy (non-hydrogen) atoms. The monoisotopic (exact) mass is 825 g/mol. The van der Waals surface area contributed by atoms with E-state index in [1.807, 2.05) is 53.9 Å². The number of unbranched alkanes of at least 4 members (excludes halogenated alkanes) is 18. The number of carbonyl (C=O) groups is 1. The van der Waals surface area contributed by atoms with Crippen LogP contribution in [-0.4, -0.2) is 24.1 Å². The second kappa shape index (κ2) is 30.8. The zero-order valence-electron chi connectivity index (χ0n) is 35.7. The van der Waals surface area contributed by atoms with Crippen molar-refractivity contribution in [2.24, 2.45) is 0 Å². The van der Waals surface area contributed by atoms with E-state index in [4.69, 9.17) is 11.3 Å². The van der Waals surface area contributed by atoms with E-state index in [9.17, 15) is 4.79 Å². The van der Waals surface area contributed by atoms with Crippen LogP contribution in [0.25, 0.3) is 22.0 Å². The van der Waals surface area contributed by atoms with Gasteiger partial charge in [0.05, 0.1) is 13.2 Å². The number of hydrogen-bond acceptors (Lipinski definition) is 4. The first-order valence-electron chi connectivity index (χ1n) is 22.5. The van der Waals surface area contributed by atoms with Crippen molar-refractivity contribution in [3.05, 3.63) is 137 Å². The second-order valence-electron chi connectivity index (χ2n) is 15.5. The van der Waals surface area contributed by atoms with Crippen LogP contribution in [0.4, 0.5) is 0 Å². The van der Waals surface area contributed by atoms with Crippen molar-refractivity contribution >= 4 is 35.6 Å². The van der Waals surface area contributed by atoms with E-state index in [1.165, 1.54) is 136 Å². The van der Waals surface area contributed by atoms with Gasteiger partial charge >= 0.3 is 5.97 Å². The Bertz CT molecular complexity index is 1850. The molecule has 0 bridgehead atoms. The molecular weight excluding hydrogens is 759 g/mol. The molecule has 4 aromatic carbocycles. The molecule has 0 spiro atoms. The molecule has 312 valence electrons. The van der Waals surface area contributed by atoms with Crippen LogP contribution in [0.1, 0.15) is 152 Å². The van der Waals surface area contributed by atoms with Crippen molar-refractivity contribution in [1.82, 2.24) is 0 Å². The van der Waals surface area contributed by atoms with Gasteiger partial charge in [0, 0.05) is 20.9 Å². The van der Waals surface area contributed by atoms with Crippen LogP contribution >= 0.6 is 23.5 Å². The Morgan fingerprint density at radius 3 is 1.46 bits per heavy atom. The highest BCUT2D eigenvalue weighted by molar-refractivity contribution is 7.99. The molecule has 4 aromatic rings. The van der Waals surface area contributed by atoms with Crippen LogP contribution in [-0.2, 0) is 9.53 Å². The van der Waals surface area contributed by atoms with Crippen molar-refractivity contribution in [1.29, 1.82) is 0 Å². The third-order valence-electron chi connectivity index (χ3n) is 10.5. The van der Waals surface area contributed by atoms with E-state index in [-0.39, 0.29) is 5.70 Å². The number of ether oxygens (including phenoxy) is 1. The van der Waals surface area contributed by atoms with Gasteiger partial charge in [-0.05, 0) is 102 Å². The molecule has 3 nitrogen and oxygen atoms in total. The smallest absolute Gasteiger partial charge is 0.336 e. The predicted octanol–water partition coefficient (Wildman–Crippen LogP) is 16.3. The zero-order chi connectivity index (χ0) is 41.4. The lowest BCUT2D eigenvalue weighted by atomic mass is 10.0. The average Bonchev–Trinajstić information content (AvgIpc) is 3.28. The standard InChI is InChI=1S/C54H67NO2S2/c1-3-4-5-6-7-8-9-10-11-12-13-15-18-24-43-58-51-38-34-47(35-39-51)29-28-46-30-32-48(33-31-46)45-53(55-2)54(56)57-42-23-17-14-16-19-25-44-59-52-40-36-50(37-41-52)49-26-21-20-22-27-49/h20-22,26-27,30-41,45H,3-19,23-25,42-44H2,1H3. The first-order valence-corrected chi connectivity index (χ1v) is 24.5. The minimum atomic E-state index is -0.557. The molecule has 0 N–H and O–H groups in total. The van der Waals surface area contributed by atoms with Gasteiger partial charge in [0.15, 0.2) is 0 Å². The van der Waals surface area contributed by atoms with Gasteiger partial charge in [0.25, 0.3) is 5.70 Å². The molecule has 0 heterocycles. The Hall–Kier alpha value is -4.16. The minimum Gasteiger partial charge on any atom is -0.471 e. The number of thioether (sulfide) groups is 2. The number of nitrogens with zero attached hydrogens (tertiary/aromatic N) is 1. The summed E-state index contributed by atoms with van der Waals surface area (Å²) in [7, 11) is 0. The predicted molar refractivity (Wildman–Crippen MR) is 256 cm³/mol. The van der Waals surface area contributed by atoms with Gasteiger partial charge in [-0.15, -0.1) is 23.5 Å². The molecule has 5 heteroatoms. The minimum absolute atomic E-state index is 0.00153. The van der Waals surface area contributed by atoms with Crippen LogP contribution in [0.5, 0.6) is 0 Å². The fourth-order valence-electron chi connectivity index (χ4n) is 6.94. The molecule has 0 fully saturated rings. The lowest BCUT2D eigenvalue weighted by Gasteiger charge is -2.06. The molecule has 0 radical (unpaired) electrons. The maximum absolute atomic E-state index is 12.6. The molecule has 0 unspecified atom stereocenters. The number of hydrogen-bond donors (Lipinski definition) is 0. The molecular formula is C54H67NO2S2. The number of carbonyl (C=O) groups excluding carboxylic acids is 1. The van der Waals surface area contributed by atoms with Crippen molar-refractivity contribution in [3.8, 4) is 23.0 Å². The van der Waals surface area contributed by atoms with Crippen molar-refractivity contribution in [2.45, 2.75) is 145 Å². The van der Waals surface area contributed by atoms with Crippen LogP contribution < -0.4 is 0 Å². The lowest BCUT2D eigenvalue weighted by molar-refractivity contribution is -0.138. The van der Waals surface area contributed by atoms with Crippen LogP contribution in [0.2, 0.25) is 0 Å². The van der Waals surface area contributed by atoms with Crippen LogP contribution in [0, 0.1) is 18.4 Å². The van der Waals surface area contributed by atoms with Crippen molar-refractivity contribution in [3.63, 3.8) is 0 Å². The molecule has 0 amide bonds. The molecule has 0 saturated carbocycles. The van der Waals surface area contributed by atoms with E-state index in [0.717, 1.165) is 41.7 Å². The van der Waals surface area contributed by atoms with Gasteiger partial charge in [0.2, 0.25) is 0 Å². The van der Waals surface area contributed by atoms with Gasteiger partial charge in [0.1, 0.15) is 0 Å². The third-order valence-corrected chi connectivity index (χ3v) is 12.7. The highest BCUT2D eigenvalue weighted by Crippen LogP contribution is 2.25. The van der Waals surface area contributed by atoms with E-state index in [2.05, 4.69) is 96.4 Å². The quantitative estimate of drug-likeness (QED) is 0.0136. The summed E-state index contributed by atoms with van der Waals surface area (Å²) >= 11 is 3.86. The number of esters is 1. The second-order valence-corrected chi connectivity index (χ2v) is 17.8. The molecule has 0 aliphatic rings. The summed E-state index contributed by atoms with van der Waals surface area (Å²) in [5, 5.41) is 0. The molecule has 0 atom stereocenters. The highest BCUT2D eigenvalue weighted by Gasteiger charge is 2.11. The average molecular weight is 826 g/mol. The fraction of sp³-hybridized carbons (Fsp3) is 0.444. The topological polar surface area (TPSA) is 30.7 Å². The molecule has 0 aliphatic carbocycles. The summed E-state index contributed by atoms with van der Waals surface area (Å²) in [5.74, 6) is 8.24. The van der Waals surface area contributed by atoms with Crippen molar-refractivity contribution < 1.29 is 9.53 Å². The summed E-state index contributed by atoms with van der Waals surface area (Å²) in [6, 6.07) is 35.5. The Labute approximate surface area is 366 Å². The number of benzene rings is 4. The normalized spacial score (nSPS) is 11.2. The maximum atomic E-state index is 12.6. The summed E-state index contributed by atoms with van der Waals surface area (Å²) < 4.78 is 5.44. The summed E-state index contributed by atoms with van der Waals surface area (Å²) in [6.45, 7) is 10.2. The van der Waals surface area contributed by atoms with Crippen LogP contribution in [0.3, 0.4) is 0 Å². The van der Waals surface area contributed by atoms with E-state index >= 15 is 0 Å². The molecule has 4 rings (SSSR count).